The lowest BCUT2D eigenvalue weighted by Gasteiger charge is -1.86. The summed E-state index contributed by atoms with van der Waals surface area (Å²) in [7, 11) is 0. The number of nitrogens with zero attached hydrogens (tertiary/aromatic N) is 1. The Morgan fingerprint density at radius 2 is 2.20 bits per heavy atom. The normalized spacial score (nSPS) is 10.3. The third-order valence-corrected chi connectivity index (χ3v) is 1.43. The molecule has 0 fully saturated rings. The van der Waals surface area contributed by atoms with Gasteiger partial charge in [-0.05, 0) is 13.8 Å². The third-order valence-electron chi connectivity index (χ3n) is 1.43. The van der Waals surface area contributed by atoms with Gasteiger partial charge in [0.1, 0.15) is 5.76 Å². The smallest absolute Gasteiger partial charge is 0.195 e. The van der Waals surface area contributed by atoms with E-state index >= 15 is 0 Å². The van der Waals surface area contributed by atoms with Crippen LogP contribution in [0.15, 0.2) is 4.42 Å². The van der Waals surface area contributed by atoms with Crippen molar-refractivity contribution < 1.29 is 4.42 Å². The van der Waals surface area contributed by atoms with Gasteiger partial charge < -0.3 is 10.2 Å². The van der Waals surface area contributed by atoms with E-state index in [-0.39, 0.29) is 0 Å². The molecule has 3 heteroatoms. The van der Waals surface area contributed by atoms with Crippen LogP contribution >= 0.6 is 0 Å². The Morgan fingerprint density at radius 3 is 2.60 bits per heavy atom. The number of oxazole rings is 1. The molecule has 0 aliphatic heterocycles. The van der Waals surface area contributed by atoms with Gasteiger partial charge in [0.2, 0.25) is 0 Å². The summed E-state index contributed by atoms with van der Waals surface area (Å²) in [4.78, 5) is 4.15. The van der Waals surface area contributed by atoms with Gasteiger partial charge in [-0.1, -0.05) is 0 Å². The Labute approximate surface area is 60.2 Å². The summed E-state index contributed by atoms with van der Waals surface area (Å²) in [5, 5.41) is 0. The zero-order chi connectivity index (χ0) is 7.56. The highest BCUT2D eigenvalue weighted by molar-refractivity contribution is 5.05. The van der Waals surface area contributed by atoms with E-state index in [4.69, 9.17) is 10.2 Å². The number of aryl methyl sites for hydroxylation is 2. The molecule has 0 aliphatic rings. The van der Waals surface area contributed by atoms with E-state index in [9.17, 15) is 0 Å². The summed E-state index contributed by atoms with van der Waals surface area (Å²) < 4.78 is 5.26. The average molecular weight is 140 g/mol. The second-order valence-corrected chi connectivity index (χ2v) is 2.29. The highest BCUT2D eigenvalue weighted by Crippen LogP contribution is 2.07. The molecule has 1 aromatic heterocycles. The van der Waals surface area contributed by atoms with E-state index in [1.165, 1.54) is 0 Å². The van der Waals surface area contributed by atoms with Crippen LogP contribution in [-0.2, 0) is 6.42 Å². The standard InChI is InChI=1S/C7H12N2O/c1-5-6(2)10-7(9-5)3-4-8/h3-4,8H2,1-2H3. The Hall–Kier alpha value is -0.830. The fraction of sp³-hybridized carbons (Fsp3) is 0.571. The fourth-order valence-corrected chi connectivity index (χ4v) is 0.770. The van der Waals surface area contributed by atoms with Crippen LogP contribution in [0.4, 0.5) is 0 Å². The fourth-order valence-electron chi connectivity index (χ4n) is 0.770. The number of rotatable bonds is 2. The molecule has 0 aromatic carbocycles. The van der Waals surface area contributed by atoms with Crippen molar-refractivity contribution in [1.82, 2.24) is 4.98 Å². The number of aromatic nitrogens is 1. The van der Waals surface area contributed by atoms with Crippen molar-refractivity contribution in [2.75, 3.05) is 6.54 Å². The van der Waals surface area contributed by atoms with Gasteiger partial charge in [-0.3, -0.25) is 0 Å². The quantitative estimate of drug-likeness (QED) is 0.660. The molecular formula is C7H12N2O. The van der Waals surface area contributed by atoms with Crippen molar-refractivity contribution >= 4 is 0 Å². The summed E-state index contributed by atoms with van der Waals surface area (Å²) in [5.41, 5.74) is 6.28. The lowest BCUT2D eigenvalue weighted by atomic mass is 10.4. The Kier molecular flexibility index (Phi) is 2.06. The Bertz CT molecular complexity index is 198. The van der Waals surface area contributed by atoms with Crippen molar-refractivity contribution in [3.8, 4) is 0 Å². The molecule has 0 saturated heterocycles. The molecule has 56 valence electrons. The second-order valence-electron chi connectivity index (χ2n) is 2.29. The van der Waals surface area contributed by atoms with Gasteiger partial charge >= 0.3 is 0 Å². The Balaban J connectivity index is 2.77. The van der Waals surface area contributed by atoms with Gasteiger partial charge in [-0.25, -0.2) is 4.98 Å². The van der Waals surface area contributed by atoms with E-state index in [1.807, 2.05) is 13.8 Å². The lowest BCUT2D eigenvalue weighted by molar-refractivity contribution is 0.472. The van der Waals surface area contributed by atoms with Crippen LogP contribution in [0.2, 0.25) is 0 Å². The number of hydrogen-bond donors (Lipinski definition) is 1. The van der Waals surface area contributed by atoms with Crippen LogP contribution in [0, 0.1) is 13.8 Å². The van der Waals surface area contributed by atoms with Crippen LogP contribution in [0.3, 0.4) is 0 Å². The zero-order valence-electron chi connectivity index (χ0n) is 6.35. The second kappa shape index (κ2) is 2.84. The van der Waals surface area contributed by atoms with Crippen LogP contribution in [0.1, 0.15) is 17.3 Å². The van der Waals surface area contributed by atoms with E-state index in [0.717, 1.165) is 23.8 Å². The van der Waals surface area contributed by atoms with Gasteiger partial charge in [0.25, 0.3) is 0 Å². The highest BCUT2D eigenvalue weighted by atomic mass is 16.4. The van der Waals surface area contributed by atoms with Crippen LogP contribution in [0.25, 0.3) is 0 Å². The van der Waals surface area contributed by atoms with E-state index in [1.54, 1.807) is 0 Å². The predicted octanol–water partition coefficient (Wildman–Crippen LogP) is 0.793. The Morgan fingerprint density at radius 1 is 1.50 bits per heavy atom. The largest absolute Gasteiger partial charge is 0.446 e. The first-order chi connectivity index (χ1) is 4.74. The molecule has 10 heavy (non-hydrogen) atoms. The van der Waals surface area contributed by atoms with Gasteiger partial charge in [-0.2, -0.15) is 0 Å². The molecule has 2 N–H and O–H groups in total. The summed E-state index contributed by atoms with van der Waals surface area (Å²) in [5.74, 6) is 1.64. The van der Waals surface area contributed by atoms with Crippen molar-refractivity contribution in [2.45, 2.75) is 20.3 Å². The zero-order valence-corrected chi connectivity index (χ0v) is 6.35. The molecular weight excluding hydrogens is 128 g/mol. The molecule has 1 rings (SSSR count). The van der Waals surface area contributed by atoms with Gasteiger partial charge in [0, 0.05) is 13.0 Å². The maximum Gasteiger partial charge on any atom is 0.195 e. The minimum atomic E-state index is 0.597. The molecule has 0 atom stereocenters. The monoisotopic (exact) mass is 140 g/mol. The van der Waals surface area contributed by atoms with Gasteiger partial charge in [0.05, 0.1) is 5.69 Å². The average Bonchev–Trinajstić information content (AvgIpc) is 2.14. The maximum absolute atomic E-state index is 5.32. The molecule has 1 aromatic rings. The maximum atomic E-state index is 5.32. The van der Waals surface area contributed by atoms with Crippen molar-refractivity contribution in [3.05, 3.63) is 17.3 Å². The molecule has 0 unspecified atom stereocenters. The third kappa shape index (κ3) is 1.36. The molecule has 0 amide bonds. The molecule has 0 bridgehead atoms. The molecule has 0 radical (unpaired) electrons. The van der Waals surface area contributed by atoms with Crippen molar-refractivity contribution in [1.29, 1.82) is 0 Å². The van der Waals surface area contributed by atoms with Crippen LogP contribution in [0.5, 0.6) is 0 Å². The summed E-state index contributed by atoms with van der Waals surface area (Å²) in [6.45, 7) is 4.43. The van der Waals surface area contributed by atoms with E-state index in [0.29, 0.717) is 6.54 Å². The summed E-state index contributed by atoms with van der Waals surface area (Å²) in [6, 6.07) is 0. The van der Waals surface area contributed by atoms with Crippen LogP contribution < -0.4 is 5.73 Å². The molecule has 1 heterocycles. The molecule has 3 nitrogen and oxygen atoms in total. The molecule has 0 spiro atoms. The van der Waals surface area contributed by atoms with Crippen molar-refractivity contribution in [2.24, 2.45) is 5.73 Å². The first-order valence-corrected chi connectivity index (χ1v) is 3.37. The number of nitrogens with two attached hydrogens (primary N) is 1. The predicted molar refractivity (Wildman–Crippen MR) is 38.7 cm³/mol. The van der Waals surface area contributed by atoms with E-state index in [2.05, 4.69) is 4.98 Å². The van der Waals surface area contributed by atoms with Crippen LogP contribution in [-0.4, -0.2) is 11.5 Å². The first-order valence-electron chi connectivity index (χ1n) is 3.37. The first kappa shape index (κ1) is 7.28. The van der Waals surface area contributed by atoms with Gasteiger partial charge in [-0.15, -0.1) is 0 Å². The lowest BCUT2D eigenvalue weighted by Crippen LogP contribution is -2.02. The minimum absolute atomic E-state index is 0.597. The topological polar surface area (TPSA) is 52.0 Å². The number of hydrogen-bond acceptors (Lipinski definition) is 3. The van der Waals surface area contributed by atoms with Gasteiger partial charge in [0.15, 0.2) is 5.89 Å². The van der Waals surface area contributed by atoms with E-state index < -0.39 is 0 Å². The molecule has 0 aliphatic carbocycles. The summed E-state index contributed by atoms with van der Waals surface area (Å²) >= 11 is 0. The minimum Gasteiger partial charge on any atom is -0.446 e. The SMILES string of the molecule is Cc1nc(CCN)oc1C. The van der Waals surface area contributed by atoms with Crippen molar-refractivity contribution in [3.63, 3.8) is 0 Å². The summed E-state index contributed by atoms with van der Waals surface area (Å²) in [6.07, 6.45) is 0.731. The highest BCUT2D eigenvalue weighted by Gasteiger charge is 2.02. The molecule has 0 saturated carbocycles.